The molecule has 0 aromatic carbocycles. The summed E-state index contributed by atoms with van der Waals surface area (Å²) in [5.41, 5.74) is 0. The van der Waals surface area contributed by atoms with E-state index in [1.54, 1.807) is 0 Å². The van der Waals surface area contributed by atoms with E-state index in [1.807, 2.05) is 0 Å². The lowest BCUT2D eigenvalue weighted by Crippen LogP contribution is -2.00. The maximum atomic E-state index is 1.50. The highest BCUT2D eigenvalue weighted by Crippen LogP contribution is 2.07. The van der Waals surface area contributed by atoms with Crippen molar-refractivity contribution in [2.45, 2.75) is 38.1 Å². The lowest BCUT2D eigenvalue weighted by molar-refractivity contribution is 0.761. The van der Waals surface area contributed by atoms with E-state index in [2.05, 4.69) is 0 Å². The predicted molar refractivity (Wildman–Crippen MR) is 42.6 cm³/mol. The molecule has 1 heterocycles. The quantitative estimate of drug-likeness (QED) is 0.409. The Morgan fingerprint density at radius 2 is 1.38 bits per heavy atom. The molecule has 0 N–H and O–H groups in total. The van der Waals surface area contributed by atoms with Gasteiger partial charge in [-0.1, -0.05) is 31.9 Å². The molecule has 1 rings (SSSR count). The lowest BCUT2D eigenvalue weighted by Gasteiger charge is -2.03. The molecule has 0 atom stereocenters. The minimum Gasteiger partial charge on any atom is -0.101 e. The number of rotatable bonds is 0. The monoisotopic (exact) mass is 108 g/mol. The van der Waals surface area contributed by atoms with Gasteiger partial charge in [0.15, 0.2) is 0 Å². The molecule has 0 saturated carbocycles. The molecule has 0 aromatic rings. The number of hydrogen-bond acceptors (Lipinski definition) is 0. The second kappa shape index (κ2) is 4.05. The minimum absolute atomic E-state index is 1.50. The van der Waals surface area contributed by atoms with Crippen molar-refractivity contribution in [3.63, 3.8) is 0 Å². The van der Waals surface area contributed by atoms with Crippen molar-refractivity contribution >= 4 is 14.6 Å². The van der Waals surface area contributed by atoms with Crippen LogP contribution in [0.5, 0.6) is 0 Å². The average Bonchev–Trinajstić information content (AvgIpc) is 1.62. The molecular formula is C6H14B2. The van der Waals surface area contributed by atoms with E-state index < -0.39 is 0 Å². The fourth-order valence-corrected chi connectivity index (χ4v) is 1.41. The Balaban J connectivity index is 2.00. The third-order valence-corrected chi connectivity index (χ3v) is 2.00. The van der Waals surface area contributed by atoms with Crippen LogP contribution in [0.15, 0.2) is 0 Å². The van der Waals surface area contributed by atoms with Crippen molar-refractivity contribution in [1.82, 2.24) is 0 Å². The zero-order chi connectivity index (χ0) is 5.66. The summed E-state index contributed by atoms with van der Waals surface area (Å²) in [5, 5.41) is 0. The van der Waals surface area contributed by atoms with Gasteiger partial charge in [0, 0.05) is 0 Å². The molecule has 44 valence electrons. The summed E-state index contributed by atoms with van der Waals surface area (Å²) < 4.78 is 0. The van der Waals surface area contributed by atoms with E-state index in [0.29, 0.717) is 0 Å². The number of hydrogen-bond donors (Lipinski definition) is 0. The molecule has 0 aliphatic carbocycles. The van der Waals surface area contributed by atoms with Gasteiger partial charge in [-0.25, -0.2) is 0 Å². The summed E-state index contributed by atoms with van der Waals surface area (Å²) in [6.07, 6.45) is 9.00. The Labute approximate surface area is 53.5 Å². The van der Waals surface area contributed by atoms with Crippen LogP contribution >= 0.6 is 0 Å². The van der Waals surface area contributed by atoms with E-state index in [4.69, 9.17) is 0 Å². The molecule has 1 saturated heterocycles. The first-order chi connectivity index (χ1) is 4.00. The Bertz CT molecular complexity index is 30.5. The molecule has 0 aromatic heterocycles. The maximum absolute atomic E-state index is 1.50. The van der Waals surface area contributed by atoms with Crippen LogP contribution in [-0.4, -0.2) is 14.6 Å². The first-order valence-electron chi connectivity index (χ1n) is 4.00. The Morgan fingerprint density at radius 1 is 0.750 bits per heavy atom. The average molecular weight is 108 g/mol. The summed E-state index contributed by atoms with van der Waals surface area (Å²) in [7, 11) is 3.00. The fourth-order valence-electron chi connectivity index (χ4n) is 1.41. The van der Waals surface area contributed by atoms with Crippen LogP contribution in [-0.2, 0) is 0 Å². The summed E-state index contributed by atoms with van der Waals surface area (Å²) in [5.74, 6) is 0. The van der Waals surface area contributed by atoms with Crippen molar-refractivity contribution in [1.29, 1.82) is 0 Å². The smallest absolute Gasteiger partial charge is 0.101 e. The highest BCUT2D eigenvalue weighted by atomic mass is 13.9. The standard InChI is InChI=1S/C6H14B2/c1-2-4-7-6-8-5-3-1/h7-8H,1-6H2. The highest BCUT2D eigenvalue weighted by molar-refractivity contribution is 6.55. The summed E-state index contributed by atoms with van der Waals surface area (Å²) in [4.78, 5) is 0. The summed E-state index contributed by atoms with van der Waals surface area (Å²) in [6.45, 7) is 0. The van der Waals surface area contributed by atoms with Crippen LogP contribution in [0.4, 0.5) is 0 Å². The van der Waals surface area contributed by atoms with Gasteiger partial charge in [0.2, 0.25) is 0 Å². The summed E-state index contributed by atoms with van der Waals surface area (Å²) in [6, 6.07) is 0. The Hall–Kier alpha value is 0.130. The first-order valence-corrected chi connectivity index (χ1v) is 4.00. The second-order valence-electron chi connectivity index (χ2n) is 2.83. The van der Waals surface area contributed by atoms with Crippen molar-refractivity contribution in [3.05, 3.63) is 0 Å². The molecule has 0 bridgehead atoms. The third-order valence-electron chi connectivity index (χ3n) is 2.00. The predicted octanol–water partition coefficient (Wildman–Crippen LogP) is 1.26. The molecule has 2 heteroatoms. The SMILES string of the molecule is B1CBCCCCC1. The molecule has 0 nitrogen and oxygen atoms in total. The molecule has 1 aliphatic rings. The van der Waals surface area contributed by atoms with Crippen molar-refractivity contribution in [2.75, 3.05) is 0 Å². The molecule has 0 radical (unpaired) electrons. The van der Waals surface area contributed by atoms with Gasteiger partial charge in [-0.05, 0) is 0 Å². The van der Waals surface area contributed by atoms with Crippen LogP contribution in [0.2, 0.25) is 18.9 Å². The van der Waals surface area contributed by atoms with Gasteiger partial charge >= 0.3 is 0 Å². The first kappa shape index (κ1) is 6.25. The normalized spacial score (nSPS) is 22.0. The van der Waals surface area contributed by atoms with Crippen LogP contribution < -0.4 is 0 Å². The van der Waals surface area contributed by atoms with Crippen molar-refractivity contribution in [3.8, 4) is 0 Å². The fraction of sp³-hybridized carbons (Fsp3) is 1.00. The topological polar surface area (TPSA) is 0 Å². The van der Waals surface area contributed by atoms with Gasteiger partial charge in [-0.3, -0.25) is 0 Å². The van der Waals surface area contributed by atoms with E-state index in [9.17, 15) is 0 Å². The largest absolute Gasteiger partial charge is 0.112 e. The molecule has 8 heavy (non-hydrogen) atoms. The molecular weight excluding hydrogens is 93.7 g/mol. The van der Waals surface area contributed by atoms with E-state index in [-0.39, 0.29) is 0 Å². The maximum Gasteiger partial charge on any atom is 0.112 e. The molecule has 0 amide bonds. The van der Waals surface area contributed by atoms with Crippen molar-refractivity contribution in [2.24, 2.45) is 0 Å². The summed E-state index contributed by atoms with van der Waals surface area (Å²) >= 11 is 0. The zero-order valence-corrected chi connectivity index (χ0v) is 5.66. The van der Waals surface area contributed by atoms with Crippen LogP contribution in [0.1, 0.15) is 19.3 Å². The van der Waals surface area contributed by atoms with Gasteiger partial charge in [0.25, 0.3) is 0 Å². The van der Waals surface area contributed by atoms with E-state index >= 15 is 0 Å². The van der Waals surface area contributed by atoms with Crippen LogP contribution in [0.25, 0.3) is 0 Å². The van der Waals surface area contributed by atoms with E-state index in [1.165, 1.54) is 52.7 Å². The Kier molecular flexibility index (Phi) is 3.17. The van der Waals surface area contributed by atoms with Crippen LogP contribution in [0.3, 0.4) is 0 Å². The van der Waals surface area contributed by atoms with Gasteiger partial charge < -0.3 is 0 Å². The minimum atomic E-state index is 1.50. The highest BCUT2D eigenvalue weighted by Gasteiger charge is 1.98. The van der Waals surface area contributed by atoms with Crippen LogP contribution in [0, 0.1) is 0 Å². The van der Waals surface area contributed by atoms with Gasteiger partial charge in [-0.15, -0.1) is 6.22 Å². The molecule has 1 aliphatic heterocycles. The second-order valence-corrected chi connectivity index (χ2v) is 2.83. The lowest BCUT2D eigenvalue weighted by atomic mass is 9.50. The Morgan fingerprint density at radius 3 is 2.00 bits per heavy atom. The molecule has 0 spiro atoms. The van der Waals surface area contributed by atoms with Crippen molar-refractivity contribution < 1.29 is 0 Å². The third kappa shape index (κ3) is 2.44. The molecule has 0 unspecified atom stereocenters. The van der Waals surface area contributed by atoms with E-state index in [0.717, 1.165) is 0 Å². The van der Waals surface area contributed by atoms with Gasteiger partial charge in [-0.2, -0.15) is 0 Å². The molecule has 1 fully saturated rings. The van der Waals surface area contributed by atoms with Gasteiger partial charge in [0.05, 0.1) is 0 Å². The van der Waals surface area contributed by atoms with Gasteiger partial charge in [0.1, 0.15) is 14.6 Å². The zero-order valence-electron chi connectivity index (χ0n) is 5.66.